The van der Waals surface area contributed by atoms with Crippen molar-refractivity contribution in [3.63, 3.8) is 0 Å². The van der Waals surface area contributed by atoms with Crippen LogP contribution in [0.2, 0.25) is 0 Å². The summed E-state index contributed by atoms with van der Waals surface area (Å²) >= 11 is 0. The Morgan fingerprint density at radius 2 is 2.05 bits per heavy atom. The van der Waals surface area contributed by atoms with Gasteiger partial charge in [-0.25, -0.2) is 0 Å². The van der Waals surface area contributed by atoms with Crippen LogP contribution in [0.1, 0.15) is 23.8 Å². The molecule has 4 nitrogen and oxygen atoms in total. The van der Waals surface area contributed by atoms with Gasteiger partial charge in [-0.1, -0.05) is 6.92 Å². The number of hydrogen-bond donors (Lipinski definition) is 1. The maximum atomic E-state index is 5.59. The summed E-state index contributed by atoms with van der Waals surface area (Å²) in [6.07, 6.45) is 6.49. The summed E-state index contributed by atoms with van der Waals surface area (Å²) < 4.78 is 5.59. The molecule has 0 amide bonds. The highest BCUT2D eigenvalue weighted by Gasteiger charge is 2.09. The minimum absolute atomic E-state index is 0.846. The highest BCUT2D eigenvalue weighted by Crippen LogP contribution is 2.13. The number of hydrogen-bond acceptors (Lipinski definition) is 4. The summed E-state index contributed by atoms with van der Waals surface area (Å²) in [5.74, 6) is 1.06. The quantitative estimate of drug-likeness (QED) is 0.802. The van der Waals surface area contributed by atoms with Crippen LogP contribution in [-0.4, -0.2) is 30.0 Å². The Hall–Kier alpha value is -1.65. The van der Waals surface area contributed by atoms with Crippen LogP contribution in [0.5, 0.6) is 0 Å². The van der Waals surface area contributed by atoms with E-state index in [4.69, 9.17) is 4.42 Å². The number of nitrogens with one attached hydrogen (secondary N) is 1. The first-order valence-corrected chi connectivity index (χ1v) is 7.13. The van der Waals surface area contributed by atoms with Gasteiger partial charge in [-0.2, -0.15) is 0 Å². The van der Waals surface area contributed by atoms with E-state index >= 15 is 0 Å². The van der Waals surface area contributed by atoms with Gasteiger partial charge in [0.05, 0.1) is 12.8 Å². The summed E-state index contributed by atoms with van der Waals surface area (Å²) in [7, 11) is 2.13. The number of likely N-dealkylation sites (N-methyl/N-ethyl adjacent to an activating group) is 1. The Kier molecular flexibility index (Phi) is 5.77. The average molecular weight is 273 g/mol. The van der Waals surface area contributed by atoms with E-state index in [1.165, 1.54) is 11.1 Å². The molecule has 2 rings (SSSR count). The molecule has 0 radical (unpaired) electrons. The third-order valence-electron chi connectivity index (χ3n) is 3.35. The number of aromatic nitrogens is 1. The molecule has 4 heteroatoms. The van der Waals surface area contributed by atoms with Gasteiger partial charge in [0.15, 0.2) is 0 Å². The Bertz CT molecular complexity index is 495. The zero-order valence-electron chi connectivity index (χ0n) is 12.3. The number of pyridine rings is 1. The lowest BCUT2D eigenvalue weighted by Crippen LogP contribution is -2.22. The smallest absolute Gasteiger partial charge is 0.122 e. The number of furan rings is 1. The van der Waals surface area contributed by atoms with Crippen LogP contribution in [-0.2, 0) is 19.5 Å². The zero-order chi connectivity index (χ0) is 14.2. The molecule has 1 N–H and O–H groups in total. The topological polar surface area (TPSA) is 41.3 Å². The van der Waals surface area contributed by atoms with Gasteiger partial charge in [0, 0.05) is 31.0 Å². The molecule has 20 heavy (non-hydrogen) atoms. The fourth-order valence-corrected chi connectivity index (χ4v) is 2.12. The van der Waals surface area contributed by atoms with Crippen molar-refractivity contribution in [2.24, 2.45) is 0 Å². The first kappa shape index (κ1) is 14.8. The summed E-state index contributed by atoms with van der Waals surface area (Å²) in [6, 6.07) is 6.18. The molecule has 0 saturated heterocycles. The Labute approximate surface area is 120 Å². The fourth-order valence-electron chi connectivity index (χ4n) is 2.12. The lowest BCUT2D eigenvalue weighted by Gasteiger charge is -2.16. The van der Waals surface area contributed by atoms with E-state index < -0.39 is 0 Å². The van der Waals surface area contributed by atoms with Crippen molar-refractivity contribution in [1.82, 2.24) is 15.2 Å². The van der Waals surface area contributed by atoms with Crippen molar-refractivity contribution in [3.8, 4) is 0 Å². The van der Waals surface area contributed by atoms with Gasteiger partial charge < -0.3 is 9.73 Å². The Balaban J connectivity index is 1.82. The molecule has 0 saturated carbocycles. The van der Waals surface area contributed by atoms with Crippen molar-refractivity contribution in [1.29, 1.82) is 0 Å². The van der Waals surface area contributed by atoms with Crippen LogP contribution >= 0.6 is 0 Å². The fraction of sp³-hybridized carbons (Fsp3) is 0.438. The third-order valence-corrected chi connectivity index (χ3v) is 3.35. The molecule has 108 valence electrons. The van der Waals surface area contributed by atoms with Crippen molar-refractivity contribution in [3.05, 3.63) is 53.7 Å². The average Bonchev–Trinajstić information content (AvgIpc) is 2.91. The Morgan fingerprint density at radius 3 is 2.80 bits per heavy atom. The highest BCUT2D eigenvalue weighted by molar-refractivity contribution is 5.17. The van der Waals surface area contributed by atoms with Crippen LogP contribution < -0.4 is 5.32 Å². The molecular formula is C16H23N3O. The van der Waals surface area contributed by atoms with Crippen LogP contribution in [0.25, 0.3) is 0 Å². The lowest BCUT2D eigenvalue weighted by molar-refractivity contribution is 0.296. The minimum atomic E-state index is 0.846. The number of rotatable bonds is 8. The van der Waals surface area contributed by atoms with E-state index in [1.807, 2.05) is 12.4 Å². The van der Waals surface area contributed by atoms with E-state index in [2.05, 4.69) is 47.4 Å². The highest BCUT2D eigenvalue weighted by atomic mass is 16.3. The molecule has 2 heterocycles. The SMILES string of the molecule is CCNCc1ccoc1CN(C)CCc1ccncc1. The normalized spacial score (nSPS) is 11.2. The van der Waals surface area contributed by atoms with Crippen molar-refractivity contribution < 1.29 is 4.42 Å². The molecule has 0 fully saturated rings. The van der Waals surface area contributed by atoms with E-state index in [-0.39, 0.29) is 0 Å². The summed E-state index contributed by atoms with van der Waals surface area (Å²) in [6.45, 7) is 5.81. The molecule has 2 aromatic heterocycles. The number of nitrogens with zero attached hydrogens (tertiary/aromatic N) is 2. The van der Waals surface area contributed by atoms with Gasteiger partial charge in [0.1, 0.15) is 5.76 Å². The zero-order valence-corrected chi connectivity index (χ0v) is 12.3. The monoisotopic (exact) mass is 273 g/mol. The van der Waals surface area contributed by atoms with Gasteiger partial charge in [0.2, 0.25) is 0 Å². The van der Waals surface area contributed by atoms with Gasteiger partial charge in [0.25, 0.3) is 0 Å². The summed E-state index contributed by atoms with van der Waals surface area (Å²) in [4.78, 5) is 6.32. The van der Waals surface area contributed by atoms with Crippen molar-refractivity contribution in [2.45, 2.75) is 26.4 Å². The molecule has 0 aromatic carbocycles. The van der Waals surface area contributed by atoms with Crippen molar-refractivity contribution >= 4 is 0 Å². The summed E-state index contributed by atoms with van der Waals surface area (Å²) in [5, 5.41) is 3.34. The molecule has 0 atom stereocenters. The molecule has 0 aliphatic heterocycles. The van der Waals surface area contributed by atoms with Gasteiger partial charge >= 0.3 is 0 Å². The van der Waals surface area contributed by atoms with Crippen LogP contribution in [0.15, 0.2) is 41.3 Å². The van der Waals surface area contributed by atoms with Crippen LogP contribution in [0.4, 0.5) is 0 Å². The van der Waals surface area contributed by atoms with Gasteiger partial charge in [-0.15, -0.1) is 0 Å². The standard InChI is InChI=1S/C16H23N3O/c1-3-17-12-15-7-11-20-16(15)13-19(2)10-6-14-4-8-18-9-5-14/h4-5,7-9,11,17H,3,6,10,12-13H2,1-2H3. The first-order valence-electron chi connectivity index (χ1n) is 7.13. The van der Waals surface area contributed by atoms with Crippen LogP contribution in [0, 0.1) is 0 Å². The molecule has 2 aromatic rings. The molecular weight excluding hydrogens is 250 g/mol. The second-order valence-electron chi connectivity index (χ2n) is 4.99. The van der Waals surface area contributed by atoms with E-state index in [1.54, 1.807) is 6.26 Å². The molecule has 0 spiro atoms. The minimum Gasteiger partial charge on any atom is -0.468 e. The first-order chi connectivity index (χ1) is 9.79. The summed E-state index contributed by atoms with van der Waals surface area (Å²) in [5.41, 5.74) is 2.57. The third kappa shape index (κ3) is 4.47. The van der Waals surface area contributed by atoms with E-state index in [0.717, 1.165) is 38.4 Å². The van der Waals surface area contributed by atoms with Crippen LogP contribution in [0.3, 0.4) is 0 Å². The maximum Gasteiger partial charge on any atom is 0.122 e. The predicted octanol–water partition coefficient (Wildman–Crippen LogP) is 2.46. The van der Waals surface area contributed by atoms with E-state index in [0.29, 0.717) is 0 Å². The maximum absolute atomic E-state index is 5.59. The largest absolute Gasteiger partial charge is 0.468 e. The predicted molar refractivity (Wildman–Crippen MR) is 80.4 cm³/mol. The molecule has 0 bridgehead atoms. The molecule has 0 aliphatic carbocycles. The Morgan fingerprint density at radius 1 is 1.25 bits per heavy atom. The van der Waals surface area contributed by atoms with Gasteiger partial charge in [-0.3, -0.25) is 9.88 Å². The second kappa shape index (κ2) is 7.82. The lowest BCUT2D eigenvalue weighted by atomic mass is 10.2. The second-order valence-corrected chi connectivity index (χ2v) is 4.99. The van der Waals surface area contributed by atoms with Crippen molar-refractivity contribution in [2.75, 3.05) is 20.1 Å². The molecule has 0 unspecified atom stereocenters. The molecule has 0 aliphatic rings. The van der Waals surface area contributed by atoms with Gasteiger partial charge in [-0.05, 0) is 43.8 Å². The van der Waals surface area contributed by atoms with E-state index in [9.17, 15) is 0 Å².